The predicted molar refractivity (Wildman–Crippen MR) is 60.2 cm³/mol. The van der Waals surface area contributed by atoms with Crippen LogP contribution in [0.5, 0.6) is 5.75 Å². The van der Waals surface area contributed by atoms with E-state index in [9.17, 15) is 4.79 Å². The molecule has 0 bridgehead atoms. The van der Waals surface area contributed by atoms with Gasteiger partial charge < -0.3 is 13.9 Å². The summed E-state index contributed by atoms with van der Waals surface area (Å²) in [5.41, 5.74) is 0.743. The molecule has 2 aromatic rings. The molecule has 0 radical (unpaired) electrons. The van der Waals surface area contributed by atoms with Gasteiger partial charge in [0, 0.05) is 5.39 Å². The number of rotatable bonds is 3. The Kier molecular flexibility index (Phi) is 2.77. The molecule has 1 aromatic carbocycles. The zero-order chi connectivity index (χ0) is 10.8. The molecule has 0 aliphatic rings. The van der Waals surface area contributed by atoms with Crippen molar-refractivity contribution in [3.05, 3.63) is 28.4 Å². The maximum Gasteiger partial charge on any atom is 0.148 e. The Balaban J connectivity index is 2.59. The highest BCUT2D eigenvalue weighted by Gasteiger charge is 2.08. The van der Waals surface area contributed by atoms with Gasteiger partial charge in [0.25, 0.3) is 0 Å². The first-order chi connectivity index (χ1) is 7.24. The average Bonchev–Trinajstić information content (AvgIpc) is 2.61. The van der Waals surface area contributed by atoms with Crippen molar-refractivity contribution < 1.29 is 13.9 Å². The van der Waals surface area contributed by atoms with Crippen molar-refractivity contribution in [1.82, 2.24) is 0 Å². The standard InChI is InChI=1S/C11H9BrO3/c1-14-9-5-7-4-8(2-3-13)15-11(7)10(12)6-9/h3-6H,2H2,1H3. The van der Waals surface area contributed by atoms with Gasteiger partial charge in [0.15, 0.2) is 0 Å². The fraction of sp³-hybridized carbons (Fsp3) is 0.182. The number of hydrogen-bond donors (Lipinski definition) is 0. The van der Waals surface area contributed by atoms with Crippen LogP contribution in [0.1, 0.15) is 5.76 Å². The van der Waals surface area contributed by atoms with Crippen LogP contribution < -0.4 is 4.74 Å². The number of carbonyl (C=O) groups is 1. The van der Waals surface area contributed by atoms with E-state index < -0.39 is 0 Å². The summed E-state index contributed by atoms with van der Waals surface area (Å²) >= 11 is 3.39. The van der Waals surface area contributed by atoms with Crippen LogP contribution in [0, 0.1) is 0 Å². The quantitative estimate of drug-likeness (QED) is 0.804. The number of carbonyl (C=O) groups excluding carboxylic acids is 1. The highest BCUT2D eigenvalue weighted by atomic mass is 79.9. The van der Waals surface area contributed by atoms with Crippen LogP contribution in [-0.4, -0.2) is 13.4 Å². The molecule has 1 heterocycles. The third kappa shape index (κ3) is 1.90. The normalized spacial score (nSPS) is 10.5. The van der Waals surface area contributed by atoms with Crippen LogP contribution in [0.25, 0.3) is 11.0 Å². The van der Waals surface area contributed by atoms with Gasteiger partial charge in [0.2, 0.25) is 0 Å². The van der Waals surface area contributed by atoms with Crippen molar-refractivity contribution in [3.8, 4) is 5.75 Å². The topological polar surface area (TPSA) is 39.4 Å². The second kappa shape index (κ2) is 4.06. The van der Waals surface area contributed by atoms with Crippen LogP contribution in [0.2, 0.25) is 0 Å². The lowest BCUT2D eigenvalue weighted by atomic mass is 10.2. The van der Waals surface area contributed by atoms with Crippen molar-refractivity contribution in [2.45, 2.75) is 6.42 Å². The number of ether oxygens (including phenoxy) is 1. The van der Waals surface area contributed by atoms with E-state index in [2.05, 4.69) is 15.9 Å². The molecule has 0 saturated heterocycles. The van der Waals surface area contributed by atoms with E-state index in [0.29, 0.717) is 12.2 Å². The highest BCUT2D eigenvalue weighted by molar-refractivity contribution is 9.10. The molecule has 0 aliphatic carbocycles. The maximum absolute atomic E-state index is 10.4. The summed E-state index contributed by atoms with van der Waals surface area (Å²) in [6, 6.07) is 5.55. The minimum Gasteiger partial charge on any atom is -0.497 e. The number of methoxy groups -OCH3 is 1. The minimum atomic E-state index is 0.295. The smallest absolute Gasteiger partial charge is 0.148 e. The molecule has 0 spiro atoms. The molecule has 0 N–H and O–H groups in total. The van der Waals surface area contributed by atoms with Gasteiger partial charge in [-0.15, -0.1) is 0 Å². The molecule has 0 amide bonds. The SMILES string of the molecule is COc1cc(Br)c2oc(CC=O)cc2c1. The molecule has 0 fully saturated rings. The Labute approximate surface area is 95.1 Å². The maximum atomic E-state index is 10.4. The van der Waals surface area contributed by atoms with Gasteiger partial charge in [-0.25, -0.2) is 0 Å². The molecule has 3 nitrogen and oxygen atoms in total. The Bertz CT molecular complexity index is 502. The second-order valence-electron chi connectivity index (χ2n) is 3.11. The Hall–Kier alpha value is -1.29. The van der Waals surface area contributed by atoms with E-state index in [4.69, 9.17) is 9.15 Å². The molecule has 0 aliphatic heterocycles. The first kappa shape index (κ1) is 10.2. The predicted octanol–water partition coefficient (Wildman–Crippen LogP) is 2.95. The molecule has 4 heteroatoms. The number of aldehydes is 1. The summed E-state index contributed by atoms with van der Waals surface area (Å²) in [6.07, 6.45) is 1.12. The van der Waals surface area contributed by atoms with E-state index in [1.54, 1.807) is 7.11 Å². The molecule has 15 heavy (non-hydrogen) atoms. The Morgan fingerprint density at radius 2 is 2.27 bits per heavy atom. The van der Waals surface area contributed by atoms with Crippen LogP contribution in [0.4, 0.5) is 0 Å². The van der Waals surface area contributed by atoms with Crippen LogP contribution in [0.3, 0.4) is 0 Å². The summed E-state index contributed by atoms with van der Waals surface area (Å²) in [7, 11) is 1.61. The fourth-order valence-corrected chi connectivity index (χ4v) is 1.97. The monoisotopic (exact) mass is 268 g/mol. The molecular weight excluding hydrogens is 260 g/mol. The molecule has 0 atom stereocenters. The lowest BCUT2D eigenvalue weighted by Gasteiger charge is -1.99. The van der Waals surface area contributed by atoms with Crippen LogP contribution in [-0.2, 0) is 11.2 Å². The molecule has 78 valence electrons. The summed E-state index contributed by atoms with van der Waals surface area (Å²) in [4.78, 5) is 10.4. The number of furan rings is 1. The van der Waals surface area contributed by atoms with Gasteiger partial charge in [-0.2, -0.15) is 0 Å². The molecular formula is C11H9BrO3. The van der Waals surface area contributed by atoms with Crippen molar-refractivity contribution in [2.75, 3.05) is 7.11 Å². The van der Waals surface area contributed by atoms with Gasteiger partial charge in [-0.3, -0.25) is 0 Å². The Morgan fingerprint density at radius 3 is 2.93 bits per heavy atom. The third-order valence-corrected chi connectivity index (χ3v) is 2.70. The van der Waals surface area contributed by atoms with Gasteiger partial charge in [0.1, 0.15) is 23.4 Å². The van der Waals surface area contributed by atoms with E-state index in [-0.39, 0.29) is 0 Å². The summed E-state index contributed by atoms with van der Waals surface area (Å²) in [5.74, 6) is 1.42. The van der Waals surface area contributed by atoms with E-state index in [1.807, 2.05) is 18.2 Å². The first-order valence-electron chi connectivity index (χ1n) is 4.44. The van der Waals surface area contributed by atoms with E-state index in [1.165, 1.54) is 0 Å². The van der Waals surface area contributed by atoms with Gasteiger partial charge in [0.05, 0.1) is 18.0 Å². The van der Waals surface area contributed by atoms with Crippen LogP contribution in [0.15, 0.2) is 27.1 Å². The van der Waals surface area contributed by atoms with Crippen molar-refractivity contribution in [1.29, 1.82) is 0 Å². The molecule has 1 aromatic heterocycles. The number of fused-ring (bicyclic) bond motifs is 1. The van der Waals surface area contributed by atoms with Gasteiger partial charge in [-0.1, -0.05) is 0 Å². The van der Waals surface area contributed by atoms with E-state index in [0.717, 1.165) is 27.5 Å². The summed E-state index contributed by atoms with van der Waals surface area (Å²) < 4.78 is 11.5. The number of halogens is 1. The zero-order valence-electron chi connectivity index (χ0n) is 8.12. The second-order valence-corrected chi connectivity index (χ2v) is 3.97. The fourth-order valence-electron chi connectivity index (χ4n) is 1.44. The van der Waals surface area contributed by atoms with Crippen molar-refractivity contribution >= 4 is 33.2 Å². The average molecular weight is 269 g/mol. The lowest BCUT2D eigenvalue weighted by Crippen LogP contribution is -1.81. The summed E-state index contributed by atoms with van der Waals surface area (Å²) in [5, 5.41) is 0.929. The third-order valence-electron chi connectivity index (χ3n) is 2.12. The highest BCUT2D eigenvalue weighted by Crippen LogP contribution is 2.31. The largest absolute Gasteiger partial charge is 0.497 e. The van der Waals surface area contributed by atoms with Crippen molar-refractivity contribution in [3.63, 3.8) is 0 Å². The number of hydrogen-bond acceptors (Lipinski definition) is 3. The van der Waals surface area contributed by atoms with Gasteiger partial charge >= 0.3 is 0 Å². The lowest BCUT2D eigenvalue weighted by molar-refractivity contribution is -0.107. The number of benzene rings is 1. The van der Waals surface area contributed by atoms with Gasteiger partial charge in [-0.05, 0) is 34.1 Å². The molecule has 2 rings (SSSR count). The van der Waals surface area contributed by atoms with E-state index >= 15 is 0 Å². The zero-order valence-corrected chi connectivity index (χ0v) is 9.71. The van der Waals surface area contributed by atoms with Crippen LogP contribution >= 0.6 is 15.9 Å². The molecule has 0 unspecified atom stereocenters. The molecule has 0 saturated carbocycles. The Morgan fingerprint density at radius 1 is 1.47 bits per heavy atom. The minimum absolute atomic E-state index is 0.295. The van der Waals surface area contributed by atoms with Crippen molar-refractivity contribution in [2.24, 2.45) is 0 Å². The summed E-state index contributed by atoms with van der Waals surface area (Å²) in [6.45, 7) is 0. The first-order valence-corrected chi connectivity index (χ1v) is 5.23.